The lowest BCUT2D eigenvalue weighted by molar-refractivity contribution is 0.253. The van der Waals surface area contributed by atoms with Crippen LogP contribution >= 0.6 is 11.6 Å². The predicted octanol–water partition coefficient (Wildman–Crippen LogP) is 2.82. The van der Waals surface area contributed by atoms with E-state index in [2.05, 4.69) is 10.6 Å². The van der Waals surface area contributed by atoms with E-state index in [9.17, 15) is 4.79 Å². The van der Waals surface area contributed by atoms with Gasteiger partial charge in [-0.3, -0.25) is 0 Å². The average Bonchev–Trinajstić information content (AvgIpc) is 2.74. The highest BCUT2D eigenvalue weighted by Gasteiger charge is 2.19. The number of nitrogens with one attached hydrogen (secondary N) is 2. The molecule has 0 heterocycles. The zero-order valence-electron chi connectivity index (χ0n) is 8.41. The van der Waals surface area contributed by atoms with Gasteiger partial charge >= 0.3 is 6.03 Å². The minimum Gasteiger partial charge on any atom is -0.329 e. The second kappa shape index (κ2) is 5.21. The number of anilines is 1. The van der Waals surface area contributed by atoms with Gasteiger partial charge < -0.3 is 10.6 Å². The van der Waals surface area contributed by atoms with Gasteiger partial charge in [0.2, 0.25) is 0 Å². The minimum absolute atomic E-state index is 0.306. The van der Waals surface area contributed by atoms with Crippen LogP contribution in [-0.4, -0.2) is 6.03 Å². The van der Waals surface area contributed by atoms with E-state index in [4.69, 9.17) is 11.6 Å². The molecular formula is C12H10ClN2O. The quantitative estimate of drug-likeness (QED) is 0.810. The number of carbonyl (C=O) groups is 1. The van der Waals surface area contributed by atoms with Gasteiger partial charge in [-0.2, -0.15) is 0 Å². The standard InChI is InChI=1S/C12H10ClN2O/c13-10-7-3-4-8-11(10)15-12(16)14-9-5-1-2-6-9/h1-8H,(H2,14,15,16). The van der Waals surface area contributed by atoms with Gasteiger partial charge in [0.05, 0.1) is 16.8 Å². The van der Waals surface area contributed by atoms with Crippen LogP contribution in [0.4, 0.5) is 10.5 Å². The summed E-state index contributed by atoms with van der Waals surface area (Å²) in [6.07, 6.45) is 7.33. The lowest BCUT2D eigenvalue weighted by Gasteiger charge is -2.12. The number of amides is 2. The average molecular weight is 234 g/mol. The van der Waals surface area contributed by atoms with Crippen LogP contribution in [0, 0.1) is 31.7 Å². The third-order valence-corrected chi connectivity index (χ3v) is 2.37. The molecule has 16 heavy (non-hydrogen) atoms. The summed E-state index contributed by atoms with van der Waals surface area (Å²) in [5, 5.41) is 5.87. The molecule has 0 bridgehead atoms. The number of para-hydroxylation sites is 1. The number of halogens is 1. The third kappa shape index (κ3) is 2.89. The number of benzene rings is 1. The summed E-state index contributed by atoms with van der Waals surface area (Å²) < 4.78 is 0. The number of rotatable bonds is 2. The molecule has 0 unspecified atom stereocenters. The molecule has 81 valence electrons. The smallest absolute Gasteiger partial charge is 0.319 e. The fourth-order valence-electron chi connectivity index (χ4n) is 1.30. The first-order chi connectivity index (χ1) is 7.75. The number of hydrogen-bond acceptors (Lipinski definition) is 1. The van der Waals surface area contributed by atoms with Crippen LogP contribution in [0.1, 0.15) is 0 Å². The molecule has 1 aromatic rings. The first kappa shape index (κ1) is 11.3. The molecule has 1 aliphatic carbocycles. The molecule has 0 saturated heterocycles. The maximum Gasteiger partial charge on any atom is 0.319 e. The molecule has 3 nitrogen and oxygen atoms in total. The van der Waals surface area contributed by atoms with Crippen molar-refractivity contribution in [2.75, 3.05) is 5.32 Å². The summed E-state index contributed by atoms with van der Waals surface area (Å²) in [7, 11) is 0. The zero-order valence-corrected chi connectivity index (χ0v) is 9.16. The Morgan fingerprint density at radius 2 is 1.75 bits per heavy atom. The SMILES string of the molecule is O=C(N[C]1[CH][CH][CH][CH]1)Nc1ccccc1Cl. The second-order valence-corrected chi connectivity index (χ2v) is 3.64. The molecule has 0 atom stereocenters. The van der Waals surface area contributed by atoms with E-state index in [1.165, 1.54) is 0 Å². The van der Waals surface area contributed by atoms with Crippen LogP contribution in [-0.2, 0) is 0 Å². The highest BCUT2D eigenvalue weighted by atomic mass is 35.5. The summed E-state index contributed by atoms with van der Waals surface area (Å²) in [6.45, 7) is 0. The van der Waals surface area contributed by atoms with E-state index in [1.54, 1.807) is 12.1 Å². The Labute approximate surface area is 100 Å². The van der Waals surface area contributed by atoms with Crippen LogP contribution in [0.2, 0.25) is 5.02 Å². The van der Waals surface area contributed by atoms with Crippen LogP contribution in [0.15, 0.2) is 24.3 Å². The Balaban J connectivity index is 1.89. The summed E-state index contributed by atoms with van der Waals surface area (Å²) in [4.78, 5) is 11.6. The summed E-state index contributed by atoms with van der Waals surface area (Å²) >= 11 is 5.91. The van der Waals surface area contributed by atoms with Gasteiger partial charge in [0.1, 0.15) is 0 Å². The third-order valence-electron chi connectivity index (χ3n) is 2.04. The van der Waals surface area contributed by atoms with Crippen molar-refractivity contribution >= 4 is 23.3 Å². The topological polar surface area (TPSA) is 41.1 Å². The van der Waals surface area contributed by atoms with Crippen molar-refractivity contribution in [3.8, 4) is 0 Å². The van der Waals surface area contributed by atoms with Crippen LogP contribution in [0.3, 0.4) is 0 Å². The number of hydrogen-bond donors (Lipinski definition) is 2. The largest absolute Gasteiger partial charge is 0.329 e. The molecule has 2 rings (SSSR count). The molecule has 0 aromatic heterocycles. The number of carbonyl (C=O) groups excluding carboxylic acids is 1. The molecule has 0 aliphatic heterocycles. The van der Waals surface area contributed by atoms with Crippen molar-refractivity contribution in [1.82, 2.24) is 5.32 Å². The van der Waals surface area contributed by atoms with E-state index >= 15 is 0 Å². The molecule has 2 N–H and O–H groups in total. The van der Waals surface area contributed by atoms with Crippen molar-refractivity contribution < 1.29 is 4.79 Å². The van der Waals surface area contributed by atoms with E-state index < -0.39 is 0 Å². The van der Waals surface area contributed by atoms with E-state index in [-0.39, 0.29) is 6.03 Å². The van der Waals surface area contributed by atoms with Gasteiger partial charge in [-0.05, 0) is 37.8 Å². The van der Waals surface area contributed by atoms with E-state index in [1.807, 2.05) is 37.8 Å². The molecule has 1 saturated carbocycles. The normalized spacial score (nSPS) is 16.1. The van der Waals surface area contributed by atoms with Gasteiger partial charge in [-0.15, -0.1) is 0 Å². The maximum atomic E-state index is 11.6. The first-order valence-corrected chi connectivity index (χ1v) is 5.18. The van der Waals surface area contributed by atoms with Gasteiger partial charge in [0.25, 0.3) is 0 Å². The highest BCUT2D eigenvalue weighted by molar-refractivity contribution is 6.33. The Bertz CT molecular complexity index is 375. The lowest BCUT2D eigenvalue weighted by Crippen LogP contribution is -2.31. The van der Waals surface area contributed by atoms with Gasteiger partial charge in [0, 0.05) is 0 Å². The Kier molecular flexibility index (Phi) is 3.67. The fourth-order valence-corrected chi connectivity index (χ4v) is 1.49. The van der Waals surface area contributed by atoms with Crippen LogP contribution in [0.25, 0.3) is 0 Å². The molecule has 4 heteroatoms. The van der Waals surface area contributed by atoms with Crippen molar-refractivity contribution in [2.24, 2.45) is 0 Å². The van der Waals surface area contributed by atoms with Gasteiger partial charge in [0.15, 0.2) is 0 Å². The molecule has 1 aliphatic rings. The maximum absolute atomic E-state index is 11.6. The predicted molar refractivity (Wildman–Crippen MR) is 64.0 cm³/mol. The van der Waals surface area contributed by atoms with Crippen molar-refractivity contribution in [3.63, 3.8) is 0 Å². The van der Waals surface area contributed by atoms with E-state index in [0.29, 0.717) is 10.7 Å². The Morgan fingerprint density at radius 1 is 1.06 bits per heavy atom. The van der Waals surface area contributed by atoms with Crippen molar-refractivity contribution in [3.05, 3.63) is 61.0 Å². The lowest BCUT2D eigenvalue weighted by atomic mass is 10.2. The van der Waals surface area contributed by atoms with Crippen LogP contribution < -0.4 is 10.6 Å². The molecular weight excluding hydrogens is 224 g/mol. The Morgan fingerprint density at radius 3 is 2.44 bits per heavy atom. The number of urea groups is 1. The zero-order chi connectivity index (χ0) is 11.4. The molecule has 2 amide bonds. The van der Waals surface area contributed by atoms with Gasteiger partial charge in [-0.1, -0.05) is 23.7 Å². The summed E-state index contributed by atoms with van der Waals surface area (Å²) in [5.74, 6) is 0. The summed E-state index contributed by atoms with van der Waals surface area (Å²) in [5.41, 5.74) is 0.591. The summed E-state index contributed by atoms with van der Waals surface area (Å²) in [6, 6.07) is 7.53. The second-order valence-electron chi connectivity index (χ2n) is 3.23. The fraction of sp³-hybridized carbons (Fsp3) is 0. The van der Waals surface area contributed by atoms with Crippen molar-refractivity contribution in [2.45, 2.75) is 0 Å². The monoisotopic (exact) mass is 233 g/mol. The van der Waals surface area contributed by atoms with Crippen LogP contribution in [0.5, 0.6) is 0 Å². The molecule has 0 spiro atoms. The first-order valence-electron chi connectivity index (χ1n) is 4.80. The minimum atomic E-state index is -0.306. The molecule has 5 radical (unpaired) electrons. The van der Waals surface area contributed by atoms with Gasteiger partial charge in [-0.25, -0.2) is 4.79 Å². The van der Waals surface area contributed by atoms with Crippen molar-refractivity contribution in [1.29, 1.82) is 0 Å². The molecule has 1 fully saturated rings. The van der Waals surface area contributed by atoms with E-state index in [0.717, 1.165) is 6.04 Å². The molecule has 1 aromatic carbocycles. The highest BCUT2D eigenvalue weighted by Crippen LogP contribution is 2.22. The Hall–Kier alpha value is -1.22.